The van der Waals surface area contributed by atoms with Gasteiger partial charge >= 0.3 is 0 Å². The molecule has 5 atom stereocenters. The van der Waals surface area contributed by atoms with Gasteiger partial charge in [-0.2, -0.15) is 0 Å². The molecule has 4 rings (SSSR count). The Labute approximate surface area is 178 Å². The summed E-state index contributed by atoms with van der Waals surface area (Å²) in [6.45, 7) is 7.12. The lowest BCUT2D eigenvalue weighted by Crippen LogP contribution is -2.53. The molecule has 1 amide bonds. The van der Waals surface area contributed by atoms with Gasteiger partial charge in [0, 0.05) is 43.4 Å². The highest BCUT2D eigenvalue weighted by atomic mass is 32.1. The Hall–Kier alpha value is -1.89. The number of hydrogen-bond donors (Lipinski definition) is 2. The second-order valence-corrected chi connectivity index (χ2v) is 9.59. The van der Waals surface area contributed by atoms with Crippen LogP contribution in [-0.4, -0.2) is 46.2 Å². The van der Waals surface area contributed by atoms with Gasteiger partial charge in [-0.25, -0.2) is 0 Å². The third kappa shape index (κ3) is 4.34. The summed E-state index contributed by atoms with van der Waals surface area (Å²) >= 11 is 5.61. The van der Waals surface area contributed by atoms with Crippen LogP contribution in [0.5, 0.6) is 0 Å². The van der Waals surface area contributed by atoms with Crippen LogP contribution in [0.1, 0.15) is 51.1 Å². The van der Waals surface area contributed by atoms with Crippen LogP contribution in [0.15, 0.2) is 23.0 Å². The standard InChI is InChI=1S/C22H32N4O2S/c1-14-5-3-6-18(15(14)2)24-20(27)10-23-22(29)25-11-16-9-17(13-25)19-7-4-8-21(28)26(19)12-16/h4,7-8,14-18H,3,5-6,9-13H2,1-2H3,(H,23,29)(H,24,27)/t14-,15+,16-,17+,18-/m1/s1. The molecule has 0 spiro atoms. The van der Waals surface area contributed by atoms with Crippen molar-refractivity contribution in [3.05, 3.63) is 34.2 Å². The third-order valence-corrected chi connectivity index (χ3v) is 7.62. The number of carbonyl (C=O) groups is 1. The molecule has 0 radical (unpaired) electrons. The summed E-state index contributed by atoms with van der Waals surface area (Å²) in [5.74, 6) is 1.93. The number of piperidine rings is 1. The first-order valence-corrected chi connectivity index (χ1v) is 11.3. The lowest BCUT2D eigenvalue weighted by molar-refractivity contribution is -0.121. The number of thiocarbonyl (C=S) groups is 1. The molecule has 29 heavy (non-hydrogen) atoms. The van der Waals surface area contributed by atoms with Crippen molar-refractivity contribution in [3.63, 3.8) is 0 Å². The Balaban J connectivity index is 1.31. The summed E-state index contributed by atoms with van der Waals surface area (Å²) in [5.41, 5.74) is 1.20. The van der Waals surface area contributed by atoms with Crippen molar-refractivity contribution in [2.45, 2.75) is 58.0 Å². The molecule has 1 saturated carbocycles. The maximum atomic E-state index is 12.5. The molecule has 2 bridgehead atoms. The first-order chi connectivity index (χ1) is 13.9. The molecule has 1 saturated heterocycles. The van der Waals surface area contributed by atoms with E-state index in [-0.39, 0.29) is 24.1 Å². The number of amides is 1. The first kappa shape index (κ1) is 20.4. The van der Waals surface area contributed by atoms with Crippen LogP contribution in [0.3, 0.4) is 0 Å². The van der Waals surface area contributed by atoms with Crippen LogP contribution in [-0.2, 0) is 11.3 Å². The highest BCUT2D eigenvalue weighted by molar-refractivity contribution is 7.80. The van der Waals surface area contributed by atoms with Crippen LogP contribution < -0.4 is 16.2 Å². The smallest absolute Gasteiger partial charge is 0.250 e. The lowest BCUT2D eigenvalue weighted by Gasteiger charge is -2.43. The Morgan fingerprint density at radius 3 is 2.86 bits per heavy atom. The van der Waals surface area contributed by atoms with E-state index in [4.69, 9.17) is 12.2 Å². The molecule has 0 unspecified atom stereocenters. The summed E-state index contributed by atoms with van der Waals surface area (Å²) in [5, 5.41) is 7.01. The zero-order valence-corrected chi connectivity index (χ0v) is 18.2. The summed E-state index contributed by atoms with van der Waals surface area (Å²) in [7, 11) is 0. The molecule has 158 valence electrons. The van der Waals surface area contributed by atoms with Gasteiger partial charge in [-0.05, 0) is 48.9 Å². The SMILES string of the molecule is C[C@H]1[C@H](C)CCC[C@H]1NC(=O)CNC(=S)N1C[C@H]2C[C@@H](C1)c1cccc(=O)n1C2. The fourth-order valence-electron chi connectivity index (χ4n) is 5.37. The average Bonchev–Trinajstić information content (AvgIpc) is 2.70. The zero-order chi connectivity index (χ0) is 20.5. The third-order valence-electron chi connectivity index (χ3n) is 7.22. The molecule has 1 aliphatic carbocycles. The molecular formula is C22H32N4O2S. The number of carbonyl (C=O) groups excluding carboxylic acids is 1. The molecule has 1 aromatic rings. The van der Waals surface area contributed by atoms with Crippen molar-refractivity contribution in [2.24, 2.45) is 17.8 Å². The number of likely N-dealkylation sites (tertiary alicyclic amines) is 1. The Kier molecular flexibility index (Phi) is 5.95. The predicted molar refractivity (Wildman–Crippen MR) is 118 cm³/mol. The minimum atomic E-state index is 0.0207. The van der Waals surface area contributed by atoms with Gasteiger partial charge in [0.2, 0.25) is 5.91 Å². The molecule has 2 aliphatic heterocycles. The van der Waals surface area contributed by atoms with Crippen molar-refractivity contribution in [1.82, 2.24) is 20.1 Å². The topological polar surface area (TPSA) is 66.4 Å². The summed E-state index contributed by atoms with van der Waals surface area (Å²) in [6, 6.07) is 5.82. The highest BCUT2D eigenvalue weighted by Gasteiger charge is 2.35. The Morgan fingerprint density at radius 1 is 1.21 bits per heavy atom. The van der Waals surface area contributed by atoms with Crippen molar-refractivity contribution in [2.75, 3.05) is 19.6 Å². The van der Waals surface area contributed by atoms with Crippen LogP contribution >= 0.6 is 12.2 Å². The van der Waals surface area contributed by atoms with Crippen LogP contribution in [0.4, 0.5) is 0 Å². The minimum absolute atomic E-state index is 0.0207. The fraction of sp³-hybridized carbons (Fsp3) is 0.682. The van der Waals surface area contributed by atoms with E-state index in [1.807, 2.05) is 10.6 Å². The second kappa shape index (κ2) is 8.46. The number of pyridine rings is 1. The van der Waals surface area contributed by atoms with Crippen molar-refractivity contribution >= 4 is 23.2 Å². The summed E-state index contributed by atoms with van der Waals surface area (Å²) < 4.78 is 1.92. The molecule has 7 heteroatoms. The zero-order valence-electron chi connectivity index (χ0n) is 17.4. The number of rotatable bonds is 3. The lowest BCUT2D eigenvalue weighted by atomic mass is 9.78. The number of hydrogen-bond acceptors (Lipinski definition) is 3. The monoisotopic (exact) mass is 416 g/mol. The quantitative estimate of drug-likeness (QED) is 0.739. The van der Waals surface area contributed by atoms with Crippen LogP contribution in [0, 0.1) is 17.8 Å². The van der Waals surface area contributed by atoms with Gasteiger partial charge in [-0.1, -0.05) is 32.8 Å². The molecule has 3 aliphatic rings. The van der Waals surface area contributed by atoms with Gasteiger partial charge in [0.1, 0.15) is 0 Å². The number of nitrogens with one attached hydrogen (secondary N) is 2. The van der Waals surface area contributed by atoms with Gasteiger partial charge < -0.3 is 20.1 Å². The Bertz CT molecular complexity index is 838. The van der Waals surface area contributed by atoms with E-state index < -0.39 is 0 Å². The maximum absolute atomic E-state index is 12.5. The van der Waals surface area contributed by atoms with E-state index in [2.05, 4.69) is 35.4 Å². The number of nitrogens with zero attached hydrogens (tertiary/aromatic N) is 2. The average molecular weight is 417 g/mol. The fourth-order valence-corrected chi connectivity index (χ4v) is 5.59. The minimum Gasteiger partial charge on any atom is -0.354 e. The van der Waals surface area contributed by atoms with Crippen molar-refractivity contribution in [1.29, 1.82) is 0 Å². The van der Waals surface area contributed by atoms with E-state index in [0.29, 0.717) is 28.8 Å². The maximum Gasteiger partial charge on any atom is 0.250 e. The second-order valence-electron chi connectivity index (χ2n) is 9.20. The number of fused-ring (bicyclic) bond motifs is 4. The van der Waals surface area contributed by atoms with Gasteiger partial charge in [0.15, 0.2) is 5.11 Å². The van der Waals surface area contributed by atoms with Crippen molar-refractivity contribution < 1.29 is 4.79 Å². The van der Waals surface area contributed by atoms with Crippen molar-refractivity contribution in [3.8, 4) is 0 Å². The van der Waals surface area contributed by atoms with Gasteiger partial charge in [-0.3, -0.25) is 9.59 Å². The summed E-state index contributed by atoms with van der Waals surface area (Å²) in [4.78, 5) is 26.8. The van der Waals surface area contributed by atoms with E-state index >= 15 is 0 Å². The molecule has 2 N–H and O–H groups in total. The molecule has 6 nitrogen and oxygen atoms in total. The molecule has 2 fully saturated rings. The van der Waals surface area contributed by atoms with E-state index in [9.17, 15) is 9.59 Å². The largest absolute Gasteiger partial charge is 0.354 e. The molecule has 3 heterocycles. The first-order valence-electron chi connectivity index (χ1n) is 10.9. The van der Waals surface area contributed by atoms with Gasteiger partial charge in [0.05, 0.1) is 6.54 Å². The predicted octanol–water partition coefficient (Wildman–Crippen LogP) is 2.08. The normalized spacial score (nSPS) is 31.0. The van der Waals surface area contributed by atoms with Gasteiger partial charge in [-0.15, -0.1) is 0 Å². The molecule has 0 aromatic carbocycles. The molecular weight excluding hydrogens is 384 g/mol. The van der Waals surface area contributed by atoms with E-state index in [1.165, 1.54) is 12.8 Å². The number of aromatic nitrogens is 1. The van der Waals surface area contributed by atoms with Crippen LogP contribution in [0.25, 0.3) is 0 Å². The molecule has 1 aromatic heterocycles. The highest BCUT2D eigenvalue weighted by Crippen LogP contribution is 2.35. The van der Waals surface area contributed by atoms with E-state index in [0.717, 1.165) is 38.2 Å². The summed E-state index contributed by atoms with van der Waals surface area (Å²) in [6.07, 6.45) is 4.60. The van der Waals surface area contributed by atoms with E-state index in [1.54, 1.807) is 6.07 Å². The Morgan fingerprint density at radius 2 is 2.03 bits per heavy atom. The van der Waals surface area contributed by atoms with Gasteiger partial charge in [0.25, 0.3) is 5.56 Å². The van der Waals surface area contributed by atoms with Crippen LogP contribution in [0.2, 0.25) is 0 Å².